The number of carbonyl (C=O) groups is 1. The first-order chi connectivity index (χ1) is 11.1. The molecule has 1 atom stereocenters. The lowest BCUT2D eigenvalue weighted by molar-refractivity contribution is 0.0634. The van der Waals surface area contributed by atoms with Crippen LogP contribution < -0.4 is 5.73 Å². The SMILES string of the molecule is Nc1ncccc1CN1CCN(C(=O)c2ccco2)CC(O)C1. The van der Waals surface area contributed by atoms with Gasteiger partial charge in [0, 0.05) is 44.5 Å². The van der Waals surface area contributed by atoms with Crippen molar-refractivity contribution in [3.8, 4) is 0 Å². The molecule has 2 aromatic rings. The summed E-state index contributed by atoms with van der Waals surface area (Å²) in [6.07, 6.45) is 2.51. The lowest BCUT2D eigenvalue weighted by Crippen LogP contribution is -2.37. The van der Waals surface area contributed by atoms with Gasteiger partial charge in [-0.3, -0.25) is 9.69 Å². The molecule has 1 aliphatic rings. The fourth-order valence-electron chi connectivity index (χ4n) is 2.76. The zero-order chi connectivity index (χ0) is 16.2. The minimum absolute atomic E-state index is 0.197. The minimum Gasteiger partial charge on any atom is -0.459 e. The third kappa shape index (κ3) is 3.69. The molecule has 1 unspecified atom stereocenters. The fraction of sp³-hybridized carbons (Fsp3) is 0.375. The largest absolute Gasteiger partial charge is 0.459 e. The van der Waals surface area contributed by atoms with Crippen molar-refractivity contribution in [1.82, 2.24) is 14.8 Å². The van der Waals surface area contributed by atoms with Gasteiger partial charge in [-0.05, 0) is 18.2 Å². The number of carbonyl (C=O) groups excluding carboxylic acids is 1. The maximum Gasteiger partial charge on any atom is 0.289 e. The Bertz CT molecular complexity index is 659. The molecule has 0 spiro atoms. The molecule has 0 bridgehead atoms. The summed E-state index contributed by atoms with van der Waals surface area (Å²) in [7, 11) is 0. The molecule has 1 amide bonds. The van der Waals surface area contributed by atoms with Crippen LogP contribution in [0, 0.1) is 0 Å². The van der Waals surface area contributed by atoms with Crippen LogP contribution in [0.25, 0.3) is 0 Å². The van der Waals surface area contributed by atoms with Crippen LogP contribution in [-0.2, 0) is 6.54 Å². The third-order valence-corrected chi connectivity index (χ3v) is 3.93. The Morgan fingerprint density at radius 1 is 1.35 bits per heavy atom. The number of aliphatic hydroxyl groups excluding tert-OH is 1. The minimum atomic E-state index is -0.616. The van der Waals surface area contributed by atoms with E-state index in [4.69, 9.17) is 10.2 Å². The van der Waals surface area contributed by atoms with Gasteiger partial charge < -0.3 is 20.2 Å². The Hall–Kier alpha value is -2.38. The number of amides is 1. The number of nitrogen functional groups attached to an aromatic ring is 1. The third-order valence-electron chi connectivity index (χ3n) is 3.93. The second-order valence-electron chi connectivity index (χ2n) is 5.67. The molecule has 1 aliphatic heterocycles. The quantitative estimate of drug-likeness (QED) is 0.860. The fourth-order valence-corrected chi connectivity index (χ4v) is 2.76. The Morgan fingerprint density at radius 3 is 2.96 bits per heavy atom. The summed E-state index contributed by atoms with van der Waals surface area (Å²) in [6.45, 7) is 2.54. The number of nitrogens with two attached hydrogens (primary N) is 1. The number of hydrogen-bond donors (Lipinski definition) is 2. The molecule has 7 nitrogen and oxygen atoms in total. The van der Waals surface area contributed by atoms with E-state index in [-0.39, 0.29) is 5.91 Å². The van der Waals surface area contributed by atoms with Gasteiger partial charge in [0.2, 0.25) is 0 Å². The summed E-state index contributed by atoms with van der Waals surface area (Å²) in [5.41, 5.74) is 6.80. The molecule has 0 radical (unpaired) electrons. The summed E-state index contributed by atoms with van der Waals surface area (Å²) < 4.78 is 5.15. The lowest BCUT2D eigenvalue weighted by atomic mass is 10.2. The van der Waals surface area contributed by atoms with E-state index in [0.29, 0.717) is 44.3 Å². The maximum atomic E-state index is 12.4. The summed E-state index contributed by atoms with van der Waals surface area (Å²) >= 11 is 0. The topological polar surface area (TPSA) is 95.8 Å². The number of β-amino-alcohol motifs (C(OH)–C–C–N with tert-alkyl or cyclic N) is 1. The second-order valence-corrected chi connectivity index (χ2v) is 5.67. The van der Waals surface area contributed by atoms with E-state index in [0.717, 1.165) is 5.56 Å². The normalized spacial score (nSPS) is 19.5. The van der Waals surface area contributed by atoms with Crippen molar-refractivity contribution in [1.29, 1.82) is 0 Å². The van der Waals surface area contributed by atoms with E-state index in [2.05, 4.69) is 9.88 Å². The number of anilines is 1. The van der Waals surface area contributed by atoms with E-state index >= 15 is 0 Å². The summed E-state index contributed by atoms with van der Waals surface area (Å²) in [5, 5.41) is 10.2. The Morgan fingerprint density at radius 2 is 2.22 bits per heavy atom. The van der Waals surface area contributed by atoms with Gasteiger partial charge in [0.1, 0.15) is 5.82 Å². The van der Waals surface area contributed by atoms with Gasteiger partial charge in [0.25, 0.3) is 5.91 Å². The highest BCUT2D eigenvalue weighted by atomic mass is 16.3. The molecule has 3 rings (SSSR count). The maximum absolute atomic E-state index is 12.4. The predicted octanol–water partition coefficient (Wildman–Crippen LogP) is 0.576. The molecule has 23 heavy (non-hydrogen) atoms. The molecule has 0 aromatic carbocycles. The number of aliphatic hydroxyl groups is 1. The van der Waals surface area contributed by atoms with Gasteiger partial charge in [0.05, 0.1) is 12.4 Å². The average Bonchev–Trinajstić information content (AvgIpc) is 3.00. The van der Waals surface area contributed by atoms with E-state index in [9.17, 15) is 9.90 Å². The van der Waals surface area contributed by atoms with Crippen LogP contribution in [0.5, 0.6) is 0 Å². The molecule has 3 heterocycles. The van der Waals surface area contributed by atoms with Gasteiger partial charge in [-0.15, -0.1) is 0 Å². The summed E-state index contributed by atoms with van der Waals surface area (Å²) in [5.74, 6) is 0.591. The van der Waals surface area contributed by atoms with Gasteiger partial charge >= 0.3 is 0 Å². The lowest BCUT2D eigenvalue weighted by Gasteiger charge is -2.21. The van der Waals surface area contributed by atoms with E-state index in [1.165, 1.54) is 6.26 Å². The van der Waals surface area contributed by atoms with Crippen LogP contribution in [0.1, 0.15) is 16.1 Å². The second kappa shape index (κ2) is 6.80. The molecule has 3 N–H and O–H groups in total. The standard InChI is InChI=1S/C16H20N4O3/c17-15-12(3-1-5-18-15)9-19-6-7-20(11-13(21)10-19)16(22)14-4-2-8-23-14/h1-5,8,13,21H,6-7,9-11H2,(H2,17,18). The number of rotatable bonds is 3. The van der Waals surface area contributed by atoms with E-state index in [1.807, 2.05) is 12.1 Å². The first kappa shape index (κ1) is 15.5. The molecular formula is C16H20N4O3. The van der Waals surface area contributed by atoms with Crippen LogP contribution in [0.4, 0.5) is 5.82 Å². The first-order valence-electron chi connectivity index (χ1n) is 7.56. The van der Waals surface area contributed by atoms with Crippen molar-refractivity contribution in [3.05, 3.63) is 48.0 Å². The number of nitrogens with zero attached hydrogens (tertiary/aromatic N) is 3. The van der Waals surface area contributed by atoms with Gasteiger partial charge in [-0.2, -0.15) is 0 Å². The van der Waals surface area contributed by atoms with Crippen LogP contribution in [0.2, 0.25) is 0 Å². The van der Waals surface area contributed by atoms with E-state index < -0.39 is 6.10 Å². The van der Waals surface area contributed by atoms with Gasteiger partial charge in [0.15, 0.2) is 5.76 Å². The number of aromatic nitrogens is 1. The summed E-state index contributed by atoms with van der Waals surface area (Å²) in [6, 6.07) is 7.07. The van der Waals surface area contributed by atoms with Crippen LogP contribution in [-0.4, -0.2) is 58.1 Å². The van der Waals surface area contributed by atoms with Crippen molar-refractivity contribution in [2.24, 2.45) is 0 Å². The predicted molar refractivity (Wildman–Crippen MR) is 84.5 cm³/mol. The summed E-state index contributed by atoms with van der Waals surface area (Å²) in [4.78, 5) is 20.1. The highest BCUT2D eigenvalue weighted by Crippen LogP contribution is 2.15. The molecule has 0 saturated carbocycles. The molecule has 2 aromatic heterocycles. The molecule has 1 fully saturated rings. The van der Waals surface area contributed by atoms with Crippen molar-refractivity contribution in [2.75, 3.05) is 31.9 Å². The highest BCUT2D eigenvalue weighted by Gasteiger charge is 2.26. The monoisotopic (exact) mass is 316 g/mol. The van der Waals surface area contributed by atoms with Crippen molar-refractivity contribution < 1.29 is 14.3 Å². The van der Waals surface area contributed by atoms with Crippen LogP contribution >= 0.6 is 0 Å². The van der Waals surface area contributed by atoms with Gasteiger partial charge in [-0.25, -0.2) is 4.98 Å². The van der Waals surface area contributed by atoms with Crippen molar-refractivity contribution in [3.63, 3.8) is 0 Å². The molecule has 1 saturated heterocycles. The Labute approximate surface area is 134 Å². The zero-order valence-electron chi connectivity index (χ0n) is 12.8. The number of hydrogen-bond acceptors (Lipinski definition) is 6. The Kier molecular flexibility index (Phi) is 4.59. The van der Waals surface area contributed by atoms with Gasteiger partial charge in [-0.1, -0.05) is 6.07 Å². The Balaban J connectivity index is 1.66. The zero-order valence-corrected chi connectivity index (χ0v) is 12.8. The van der Waals surface area contributed by atoms with Crippen LogP contribution in [0.15, 0.2) is 41.1 Å². The van der Waals surface area contributed by atoms with Crippen molar-refractivity contribution in [2.45, 2.75) is 12.6 Å². The molecule has 122 valence electrons. The average molecular weight is 316 g/mol. The van der Waals surface area contributed by atoms with Crippen molar-refractivity contribution >= 4 is 11.7 Å². The molecule has 7 heteroatoms. The molecular weight excluding hydrogens is 296 g/mol. The molecule has 0 aliphatic carbocycles. The number of furan rings is 1. The first-order valence-corrected chi connectivity index (χ1v) is 7.56. The number of pyridine rings is 1. The van der Waals surface area contributed by atoms with Crippen LogP contribution in [0.3, 0.4) is 0 Å². The van der Waals surface area contributed by atoms with E-state index in [1.54, 1.807) is 23.2 Å². The smallest absolute Gasteiger partial charge is 0.289 e. The highest BCUT2D eigenvalue weighted by molar-refractivity contribution is 5.91.